The van der Waals surface area contributed by atoms with Crippen molar-refractivity contribution in [3.63, 3.8) is 0 Å². The zero-order valence-electron chi connectivity index (χ0n) is 20.8. The van der Waals surface area contributed by atoms with Gasteiger partial charge in [0.1, 0.15) is 11.4 Å². The minimum Gasteiger partial charge on any atom is -0.508 e. The molecule has 2 aliphatic rings. The molecule has 7 heteroatoms. The van der Waals surface area contributed by atoms with Crippen molar-refractivity contribution < 1.29 is 19.7 Å². The second kappa shape index (κ2) is 10.5. The van der Waals surface area contributed by atoms with E-state index in [1.165, 1.54) is 11.1 Å². The number of fused-ring (bicyclic) bond motifs is 3. The summed E-state index contributed by atoms with van der Waals surface area (Å²) in [6, 6.07) is 5.00. The van der Waals surface area contributed by atoms with Crippen LogP contribution in [-0.2, 0) is 11.2 Å². The van der Waals surface area contributed by atoms with Gasteiger partial charge >= 0.3 is 5.97 Å². The highest BCUT2D eigenvalue weighted by atomic mass is 79.9. The maximum absolute atomic E-state index is 13.1. The summed E-state index contributed by atoms with van der Waals surface area (Å²) in [4.78, 5) is 13.2. The fourth-order valence-electron chi connectivity index (χ4n) is 5.22. The third-order valence-corrected chi connectivity index (χ3v) is 12.4. The first-order chi connectivity index (χ1) is 15.7. The standard InChI is InChI=1S/C27H37Br3O4/c1-16-6-9-22(29)26(4)12-10-23(30)27(5,33)13-11-21(28)25(2,3)34-24(32)17-7-8-20(31)18(14-17)15-19(16)26/h7-8,14,21-23,31,33H,6,9-13,15H2,1-5H3. The molecule has 34 heavy (non-hydrogen) atoms. The highest BCUT2D eigenvalue weighted by Crippen LogP contribution is 2.50. The summed E-state index contributed by atoms with van der Waals surface area (Å²) in [7, 11) is 0. The van der Waals surface area contributed by atoms with Gasteiger partial charge < -0.3 is 14.9 Å². The molecule has 1 aromatic rings. The molecule has 5 atom stereocenters. The third kappa shape index (κ3) is 5.95. The average Bonchev–Trinajstić information content (AvgIpc) is 2.76. The summed E-state index contributed by atoms with van der Waals surface area (Å²) in [5.41, 5.74) is 2.00. The van der Waals surface area contributed by atoms with Gasteiger partial charge in [0, 0.05) is 15.1 Å². The third-order valence-electron chi connectivity index (χ3n) is 7.96. The van der Waals surface area contributed by atoms with Crippen molar-refractivity contribution >= 4 is 53.8 Å². The van der Waals surface area contributed by atoms with E-state index in [9.17, 15) is 15.0 Å². The minimum absolute atomic E-state index is 0.0741. The lowest BCUT2D eigenvalue weighted by atomic mass is 9.66. The fraction of sp³-hybridized carbons (Fsp3) is 0.667. The number of phenolic OH excluding ortho intramolecular Hbond substituents is 1. The van der Waals surface area contributed by atoms with Crippen molar-refractivity contribution in [2.45, 2.75) is 105 Å². The maximum atomic E-state index is 13.1. The van der Waals surface area contributed by atoms with Crippen LogP contribution in [0, 0.1) is 5.41 Å². The number of cyclic esters (lactones) is 1. The molecule has 2 N–H and O–H groups in total. The molecule has 4 nitrogen and oxygen atoms in total. The second-order valence-electron chi connectivity index (χ2n) is 11.1. The van der Waals surface area contributed by atoms with E-state index in [1.807, 2.05) is 20.8 Å². The summed E-state index contributed by atoms with van der Waals surface area (Å²) in [6.07, 6.45) is 5.56. The SMILES string of the molecule is CC1=C2Cc3cc(ccc3O)C(=O)OC(C)(C)C(Br)CCC(C)(O)C(Br)CCC2(C)C(Br)CC1. The number of aliphatic hydroxyl groups is 1. The van der Waals surface area contributed by atoms with Gasteiger partial charge in [-0.05, 0) is 96.4 Å². The number of carbonyl (C=O) groups is 1. The van der Waals surface area contributed by atoms with E-state index in [4.69, 9.17) is 4.74 Å². The van der Waals surface area contributed by atoms with Crippen LogP contribution in [0.4, 0.5) is 0 Å². The number of phenols is 1. The number of aromatic hydroxyl groups is 1. The molecule has 0 radical (unpaired) electrons. The van der Waals surface area contributed by atoms with E-state index in [-0.39, 0.29) is 20.8 Å². The number of halogens is 3. The lowest BCUT2D eigenvalue weighted by molar-refractivity contribution is -0.00674. The quantitative estimate of drug-likeness (QED) is 0.170. The van der Waals surface area contributed by atoms with Crippen molar-refractivity contribution in [3.8, 4) is 5.75 Å². The molecular weight excluding hydrogens is 628 g/mol. The summed E-state index contributed by atoms with van der Waals surface area (Å²) in [6.45, 7) is 10.1. The Bertz CT molecular complexity index is 955. The van der Waals surface area contributed by atoms with Crippen LogP contribution in [0.1, 0.15) is 89.1 Å². The van der Waals surface area contributed by atoms with Gasteiger partial charge in [0.25, 0.3) is 0 Å². The van der Waals surface area contributed by atoms with Crippen LogP contribution in [-0.4, -0.2) is 41.9 Å². The summed E-state index contributed by atoms with van der Waals surface area (Å²) >= 11 is 11.5. The van der Waals surface area contributed by atoms with Gasteiger partial charge in [-0.1, -0.05) is 65.9 Å². The Morgan fingerprint density at radius 3 is 2.29 bits per heavy atom. The molecule has 0 saturated heterocycles. The lowest BCUT2D eigenvalue weighted by Gasteiger charge is -2.44. The lowest BCUT2D eigenvalue weighted by Crippen LogP contribution is -2.42. The molecule has 3 rings (SSSR count). The maximum Gasteiger partial charge on any atom is 0.338 e. The topological polar surface area (TPSA) is 66.8 Å². The molecule has 0 aromatic heterocycles. The molecule has 190 valence electrons. The Balaban J connectivity index is 2.08. The number of ether oxygens (including phenoxy) is 1. The van der Waals surface area contributed by atoms with Crippen molar-refractivity contribution in [2.75, 3.05) is 0 Å². The van der Waals surface area contributed by atoms with Gasteiger partial charge in [0.15, 0.2) is 0 Å². The second-order valence-corrected chi connectivity index (χ2v) is 14.4. The van der Waals surface area contributed by atoms with Gasteiger partial charge in [0.05, 0.1) is 16.0 Å². The highest BCUT2D eigenvalue weighted by Gasteiger charge is 2.42. The van der Waals surface area contributed by atoms with Crippen molar-refractivity contribution in [1.29, 1.82) is 0 Å². The van der Waals surface area contributed by atoms with Crippen LogP contribution >= 0.6 is 47.8 Å². The Morgan fingerprint density at radius 2 is 1.62 bits per heavy atom. The Labute approximate surface area is 229 Å². The number of allylic oxidation sites excluding steroid dienone is 2. The summed E-state index contributed by atoms with van der Waals surface area (Å²) in [5.74, 6) is -0.223. The molecule has 1 aliphatic heterocycles. The Kier molecular flexibility index (Phi) is 8.75. The molecule has 0 fully saturated rings. The smallest absolute Gasteiger partial charge is 0.338 e. The largest absolute Gasteiger partial charge is 0.508 e. The Morgan fingerprint density at radius 1 is 0.971 bits per heavy atom. The van der Waals surface area contributed by atoms with E-state index in [0.29, 0.717) is 29.7 Å². The molecule has 1 aromatic carbocycles. The van der Waals surface area contributed by atoms with E-state index >= 15 is 0 Å². The zero-order chi connectivity index (χ0) is 25.5. The van der Waals surface area contributed by atoms with Crippen LogP contribution in [0.25, 0.3) is 0 Å². The monoisotopic (exact) mass is 662 g/mol. The van der Waals surface area contributed by atoms with E-state index in [0.717, 1.165) is 31.2 Å². The first kappa shape index (κ1) is 28.2. The van der Waals surface area contributed by atoms with Gasteiger partial charge in [-0.2, -0.15) is 0 Å². The van der Waals surface area contributed by atoms with E-state index in [2.05, 4.69) is 61.6 Å². The molecule has 2 bridgehead atoms. The van der Waals surface area contributed by atoms with Crippen LogP contribution in [0.15, 0.2) is 29.3 Å². The fourth-order valence-corrected chi connectivity index (χ4v) is 6.73. The van der Waals surface area contributed by atoms with Crippen molar-refractivity contribution in [2.24, 2.45) is 5.41 Å². The highest BCUT2D eigenvalue weighted by molar-refractivity contribution is 9.10. The number of carbonyl (C=O) groups excluding carboxylic acids is 1. The van der Waals surface area contributed by atoms with Gasteiger partial charge in [-0.25, -0.2) is 4.79 Å². The first-order valence-electron chi connectivity index (χ1n) is 12.1. The average molecular weight is 665 g/mol. The number of alkyl halides is 3. The van der Waals surface area contributed by atoms with Crippen LogP contribution in [0.5, 0.6) is 5.75 Å². The van der Waals surface area contributed by atoms with Crippen molar-refractivity contribution in [3.05, 3.63) is 40.5 Å². The number of benzene rings is 1. The Hall–Kier alpha value is -0.370. The van der Waals surface area contributed by atoms with Crippen molar-refractivity contribution in [1.82, 2.24) is 0 Å². The molecule has 0 spiro atoms. The molecule has 1 heterocycles. The molecule has 0 saturated carbocycles. The predicted octanol–water partition coefficient (Wildman–Crippen LogP) is 7.60. The molecule has 0 amide bonds. The van der Waals surface area contributed by atoms with Crippen LogP contribution in [0.2, 0.25) is 0 Å². The summed E-state index contributed by atoms with van der Waals surface area (Å²) in [5, 5.41) is 22.0. The molecular formula is C27H37Br3O4. The van der Waals surface area contributed by atoms with Gasteiger partial charge in [-0.15, -0.1) is 0 Å². The zero-order valence-corrected chi connectivity index (χ0v) is 25.5. The van der Waals surface area contributed by atoms with E-state index in [1.54, 1.807) is 18.2 Å². The predicted molar refractivity (Wildman–Crippen MR) is 149 cm³/mol. The summed E-state index contributed by atoms with van der Waals surface area (Å²) < 4.78 is 5.91. The van der Waals surface area contributed by atoms with Crippen LogP contribution < -0.4 is 0 Å². The van der Waals surface area contributed by atoms with Gasteiger partial charge in [0.2, 0.25) is 0 Å². The number of esters is 1. The molecule has 1 aliphatic carbocycles. The first-order valence-corrected chi connectivity index (χ1v) is 14.8. The van der Waals surface area contributed by atoms with Crippen LogP contribution in [0.3, 0.4) is 0 Å². The minimum atomic E-state index is -0.905. The number of hydrogen-bond acceptors (Lipinski definition) is 4. The molecule has 5 unspecified atom stereocenters. The number of hydrogen-bond donors (Lipinski definition) is 2. The normalized spacial score (nSPS) is 35.4. The number of rotatable bonds is 0. The van der Waals surface area contributed by atoms with Gasteiger partial charge in [-0.3, -0.25) is 0 Å². The van der Waals surface area contributed by atoms with E-state index < -0.39 is 17.2 Å².